The molecule has 0 spiro atoms. The number of benzene rings is 2. The fourth-order valence-electron chi connectivity index (χ4n) is 4.36. The first-order chi connectivity index (χ1) is 14.6. The molecule has 0 aromatic heterocycles. The summed E-state index contributed by atoms with van der Waals surface area (Å²) in [5, 5.41) is 0. The van der Waals surface area contributed by atoms with Gasteiger partial charge in [-0.2, -0.15) is 0 Å². The van der Waals surface area contributed by atoms with Crippen LogP contribution in [0.3, 0.4) is 0 Å². The molecule has 2 aromatic carbocycles. The summed E-state index contributed by atoms with van der Waals surface area (Å²) in [7, 11) is 0. The van der Waals surface area contributed by atoms with Gasteiger partial charge in [0.2, 0.25) is 11.8 Å². The third-order valence-electron chi connectivity index (χ3n) is 6.12. The van der Waals surface area contributed by atoms with Gasteiger partial charge < -0.3 is 9.80 Å². The van der Waals surface area contributed by atoms with E-state index in [2.05, 4.69) is 29.2 Å². The van der Waals surface area contributed by atoms with Crippen molar-refractivity contribution in [2.75, 3.05) is 32.7 Å². The number of nitrogens with zero attached hydrogens (tertiary/aromatic N) is 3. The number of rotatable bonds is 5. The largest absolute Gasteiger partial charge is 0.340 e. The van der Waals surface area contributed by atoms with E-state index >= 15 is 0 Å². The normalized spacial score (nSPS) is 18.9. The Bertz CT molecular complexity index is 917. The smallest absolute Gasteiger partial charge is 0.225 e. The molecule has 5 heteroatoms. The van der Waals surface area contributed by atoms with Crippen molar-refractivity contribution < 1.29 is 9.59 Å². The standard InChI is InChI=1S/C25H29N3O2/c1-20(29)28-14-12-22-9-5-6-10-23(22)24(28)19-25(30)27-17-15-26(16-18-27)13-11-21-7-3-2-4-8-21/h2-10,12,14,24H,11,13,15-19H2,1H3. The van der Waals surface area contributed by atoms with E-state index in [1.165, 1.54) is 5.56 Å². The molecule has 2 aromatic rings. The van der Waals surface area contributed by atoms with Crippen LogP contribution in [0.15, 0.2) is 60.8 Å². The van der Waals surface area contributed by atoms with Crippen LogP contribution in [0.5, 0.6) is 0 Å². The van der Waals surface area contributed by atoms with Crippen molar-refractivity contribution in [3.05, 3.63) is 77.5 Å². The molecule has 4 rings (SSSR count). The van der Waals surface area contributed by atoms with Crippen molar-refractivity contribution in [3.8, 4) is 0 Å². The highest BCUT2D eigenvalue weighted by molar-refractivity contribution is 5.82. The van der Waals surface area contributed by atoms with Gasteiger partial charge in [-0.05, 0) is 29.2 Å². The maximum absolute atomic E-state index is 13.1. The number of amides is 2. The highest BCUT2D eigenvalue weighted by Gasteiger charge is 2.30. The summed E-state index contributed by atoms with van der Waals surface area (Å²) in [5.41, 5.74) is 3.48. The average molecular weight is 404 g/mol. The van der Waals surface area contributed by atoms with Gasteiger partial charge in [-0.1, -0.05) is 54.6 Å². The second-order valence-corrected chi connectivity index (χ2v) is 8.05. The summed E-state index contributed by atoms with van der Waals surface area (Å²) in [6.07, 6.45) is 5.12. The maximum atomic E-state index is 13.1. The summed E-state index contributed by atoms with van der Waals surface area (Å²) >= 11 is 0. The minimum Gasteiger partial charge on any atom is -0.340 e. The molecule has 2 aliphatic rings. The van der Waals surface area contributed by atoms with Crippen LogP contribution in [0.2, 0.25) is 0 Å². The SMILES string of the molecule is CC(=O)N1C=Cc2ccccc2C1CC(=O)N1CCN(CCc2ccccc2)CC1. The van der Waals surface area contributed by atoms with E-state index in [4.69, 9.17) is 0 Å². The zero-order valence-electron chi connectivity index (χ0n) is 17.5. The maximum Gasteiger partial charge on any atom is 0.225 e. The molecule has 30 heavy (non-hydrogen) atoms. The molecule has 0 aliphatic carbocycles. The van der Waals surface area contributed by atoms with Crippen LogP contribution in [0.1, 0.15) is 36.1 Å². The Kier molecular flexibility index (Phi) is 6.29. The molecule has 0 radical (unpaired) electrons. The fourth-order valence-corrected chi connectivity index (χ4v) is 4.36. The molecule has 156 valence electrons. The van der Waals surface area contributed by atoms with Crippen molar-refractivity contribution in [2.45, 2.75) is 25.8 Å². The summed E-state index contributed by atoms with van der Waals surface area (Å²) < 4.78 is 0. The predicted octanol–water partition coefficient (Wildman–Crippen LogP) is 3.34. The Morgan fingerprint density at radius 3 is 2.37 bits per heavy atom. The highest BCUT2D eigenvalue weighted by Crippen LogP contribution is 2.33. The van der Waals surface area contributed by atoms with Gasteiger partial charge in [0.15, 0.2) is 0 Å². The molecule has 0 saturated carbocycles. The molecule has 1 saturated heterocycles. The number of hydrogen-bond acceptors (Lipinski definition) is 3. The predicted molar refractivity (Wildman–Crippen MR) is 119 cm³/mol. The van der Waals surface area contributed by atoms with Gasteiger partial charge in [-0.15, -0.1) is 0 Å². The average Bonchev–Trinajstić information content (AvgIpc) is 2.78. The number of carbonyl (C=O) groups is 2. The van der Waals surface area contributed by atoms with Crippen LogP contribution < -0.4 is 0 Å². The van der Waals surface area contributed by atoms with E-state index in [-0.39, 0.29) is 17.9 Å². The van der Waals surface area contributed by atoms with Crippen LogP contribution in [0.4, 0.5) is 0 Å². The van der Waals surface area contributed by atoms with Crippen molar-refractivity contribution in [2.24, 2.45) is 0 Å². The lowest BCUT2D eigenvalue weighted by atomic mass is 9.93. The quantitative estimate of drug-likeness (QED) is 0.769. The van der Waals surface area contributed by atoms with Gasteiger partial charge in [-0.25, -0.2) is 0 Å². The zero-order chi connectivity index (χ0) is 20.9. The second-order valence-electron chi connectivity index (χ2n) is 8.05. The van der Waals surface area contributed by atoms with Gasteiger partial charge in [0.25, 0.3) is 0 Å². The number of hydrogen-bond donors (Lipinski definition) is 0. The summed E-state index contributed by atoms with van der Waals surface area (Å²) in [5.74, 6) is 0.0864. The third-order valence-corrected chi connectivity index (χ3v) is 6.12. The van der Waals surface area contributed by atoms with Gasteiger partial charge in [0, 0.05) is 45.8 Å². The van der Waals surface area contributed by atoms with Crippen LogP contribution in [-0.2, 0) is 16.0 Å². The molecule has 1 unspecified atom stereocenters. The van der Waals surface area contributed by atoms with Crippen LogP contribution >= 0.6 is 0 Å². The van der Waals surface area contributed by atoms with Gasteiger partial charge in [0.1, 0.15) is 0 Å². The minimum atomic E-state index is -0.229. The van der Waals surface area contributed by atoms with Gasteiger partial charge in [-0.3, -0.25) is 14.5 Å². The summed E-state index contributed by atoms with van der Waals surface area (Å²) in [6, 6.07) is 18.3. The van der Waals surface area contributed by atoms with Crippen LogP contribution in [0, 0.1) is 0 Å². The molecule has 1 fully saturated rings. The van der Waals surface area contributed by atoms with Crippen molar-refractivity contribution in [1.29, 1.82) is 0 Å². The van der Waals surface area contributed by atoms with Gasteiger partial charge >= 0.3 is 0 Å². The first-order valence-electron chi connectivity index (χ1n) is 10.7. The molecule has 2 amide bonds. The second kappa shape index (κ2) is 9.26. The van der Waals surface area contributed by atoms with Crippen molar-refractivity contribution in [3.63, 3.8) is 0 Å². The van der Waals surface area contributed by atoms with E-state index in [9.17, 15) is 9.59 Å². The Morgan fingerprint density at radius 2 is 1.63 bits per heavy atom. The summed E-state index contributed by atoms with van der Waals surface area (Å²) in [6.45, 7) is 5.87. The Balaban J connectivity index is 1.34. The zero-order valence-corrected chi connectivity index (χ0v) is 17.5. The Labute approximate surface area is 178 Å². The van der Waals surface area contributed by atoms with Crippen molar-refractivity contribution >= 4 is 17.9 Å². The Hall–Kier alpha value is -2.92. The monoisotopic (exact) mass is 403 g/mol. The van der Waals surface area contributed by atoms with E-state index in [1.54, 1.807) is 11.8 Å². The number of carbonyl (C=O) groups excluding carboxylic acids is 2. The van der Waals surface area contributed by atoms with E-state index in [0.717, 1.165) is 50.3 Å². The van der Waals surface area contributed by atoms with E-state index in [0.29, 0.717) is 6.42 Å². The lowest BCUT2D eigenvalue weighted by molar-refractivity contribution is -0.136. The van der Waals surface area contributed by atoms with Crippen molar-refractivity contribution in [1.82, 2.24) is 14.7 Å². The molecular weight excluding hydrogens is 374 g/mol. The van der Waals surface area contributed by atoms with Gasteiger partial charge in [0.05, 0.1) is 12.5 Å². The molecular formula is C25H29N3O2. The summed E-state index contributed by atoms with van der Waals surface area (Å²) in [4.78, 5) is 31.3. The number of piperazine rings is 1. The first kappa shape index (κ1) is 20.4. The van der Waals surface area contributed by atoms with Crippen LogP contribution in [-0.4, -0.2) is 59.2 Å². The molecule has 1 atom stereocenters. The lowest BCUT2D eigenvalue weighted by Crippen LogP contribution is -2.49. The van der Waals surface area contributed by atoms with E-state index < -0.39 is 0 Å². The molecule has 2 aliphatic heterocycles. The third kappa shape index (κ3) is 4.62. The lowest BCUT2D eigenvalue weighted by Gasteiger charge is -2.37. The molecule has 5 nitrogen and oxygen atoms in total. The highest BCUT2D eigenvalue weighted by atomic mass is 16.2. The van der Waals surface area contributed by atoms with Crippen LogP contribution in [0.25, 0.3) is 6.08 Å². The first-order valence-corrected chi connectivity index (χ1v) is 10.7. The molecule has 2 heterocycles. The Morgan fingerprint density at radius 1 is 0.933 bits per heavy atom. The topological polar surface area (TPSA) is 43.9 Å². The van der Waals surface area contributed by atoms with E-state index in [1.807, 2.05) is 47.5 Å². The molecule has 0 bridgehead atoms. The molecule has 0 N–H and O–H groups in total. The number of fused-ring (bicyclic) bond motifs is 1. The minimum absolute atomic E-state index is 0.0377. The fraction of sp³-hybridized carbons (Fsp3) is 0.360.